The Bertz CT molecular complexity index is 658. The van der Waals surface area contributed by atoms with Crippen molar-refractivity contribution in [2.75, 3.05) is 12.4 Å². The van der Waals surface area contributed by atoms with Gasteiger partial charge in [0.25, 0.3) is 0 Å². The highest BCUT2D eigenvalue weighted by molar-refractivity contribution is 6.02. The number of nitrogens with one attached hydrogen (secondary N) is 1. The molecule has 1 aromatic carbocycles. The molecule has 0 radical (unpaired) electrons. The van der Waals surface area contributed by atoms with Crippen molar-refractivity contribution in [3.05, 3.63) is 29.3 Å². The summed E-state index contributed by atoms with van der Waals surface area (Å²) in [4.78, 5) is 24.0. The fourth-order valence-electron chi connectivity index (χ4n) is 2.54. The van der Waals surface area contributed by atoms with Gasteiger partial charge in [0.05, 0.1) is 30.0 Å². The first-order valence-corrected chi connectivity index (χ1v) is 7.17. The van der Waals surface area contributed by atoms with Gasteiger partial charge in [-0.2, -0.15) is 5.26 Å². The van der Waals surface area contributed by atoms with Crippen LogP contribution in [0.3, 0.4) is 0 Å². The van der Waals surface area contributed by atoms with Crippen LogP contribution in [0.4, 0.5) is 14.5 Å². The van der Waals surface area contributed by atoms with E-state index in [4.69, 9.17) is 5.26 Å². The van der Waals surface area contributed by atoms with Crippen molar-refractivity contribution in [3.8, 4) is 6.07 Å². The van der Waals surface area contributed by atoms with Crippen molar-refractivity contribution in [2.24, 2.45) is 5.92 Å². The summed E-state index contributed by atoms with van der Waals surface area (Å²) in [6.45, 7) is 0. The third-order valence-electron chi connectivity index (χ3n) is 3.90. The lowest BCUT2D eigenvalue weighted by Gasteiger charge is -2.27. The van der Waals surface area contributed by atoms with E-state index in [2.05, 4.69) is 10.1 Å². The first-order valence-electron chi connectivity index (χ1n) is 7.17. The molecule has 7 heteroatoms. The SMILES string of the molecule is COC(=O)c1cc(C#N)ccc1NC(=O)C1CCC(F)(F)CC1. The van der Waals surface area contributed by atoms with Gasteiger partial charge in [0, 0.05) is 18.8 Å². The molecule has 1 fully saturated rings. The van der Waals surface area contributed by atoms with E-state index >= 15 is 0 Å². The van der Waals surface area contributed by atoms with Gasteiger partial charge in [0.15, 0.2) is 0 Å². The smallest absolute Gasteiger partial charge is 0.340 e. The lowest BCUT2D eigenvalue weighted by Crippen LogP contribution is -2.32. The van der Waals surface area contributed by atoms with Gasteiger partial charge in [-0.05, 0) is 31.0 Å². The molecule has 0 heterocycles. The Morgan fingerprint density at radius 3 is 2.57 bits per heavy atom. The van der Waals surface area contributed by atoms with Crippen LogP contribution >= 0.6 is 0 Å². The maximum absolute atomic E-state index is 13.1. The summed E-state index contributed by atoms with van der Waals surface area (Å²) >= 11 is 0. The summed E-state index contributed by atoms with van der Waals surface area (Å²) in [7, 11) is 1.19. The number of nitrogens with zero attached hydrogens (tertiary/aromatic N) is 1. The molecular formula is C16H16F2N2O3. The molecule has 1 amide bonds. The number of ether oxygens (including phenoxy) is 1. The van der Waals surface area contributed by atoms with Crippen molar-refractivity contribution >= 4 is 17.6 Å². The summed E-state index contributed by atoms with van der Waals surface area (Å²) < 4.78 is 30.9. The van der Waals surface area contributed by atoms with Crippen molar-refractivity contribution in [3.63, 3.8) is 0 Å². The molecule has 0 atom stereocenters. The highest BCUT2D eigenvalue weighted by Gasteiger charge is 2.37. The molecule has 23 heavy (non-hydrogen) atoms. The number of nitriles is 1. The van der Waals surface area contributed by atoms with Crippen LogP contribution < -0.4 is 5.32 Å². The number of amides is 1. The average Bonchev–Trinajstić information content (AvgIpc) is 2.54. The summed E-state index contributed by atoms with van der Waals surface area (Å²) in [6, 6.07) is 6.10. The summed E-state index contributed by atoms with van der Waals surface area (Å²) in [5.41, 5.74) is 0.514. The van der Waals surface area contributed by atoms with Gasteiger partial charge in [0.2, 0.25) is 11.8 Å². The molecular weight excluding hydrogens is 306 g/mol. The van der Waals surface area contributed by atoms with Crippen LogP contribution in [-0.2, 0) is 9.53 Å². The van der Waals surface area contributed by atoms with Gasteiger partial charge in [-0.1, -0.05) is 0 Å². The van der Waals surface area contributed by atoms with Gasteiger partial charge in [-0.25, -0.2) is 13.6 Å². The fraction of sp³-hybridized carbons (Fsp3) is 0.438. The largest absolute Gasteiger partial charge is 0.465 e. The number of esters is 1. The van der Waals surface area contributed by atoms with Crippen LogP contribution in [0, 0.1) is 17.2 Å². The second-order valence-electron chi connectivity index (χ2n) is 5.48. The second kappa shape index (κ2) is 6.73. The first kappa shape index (κ1) is 16.9. The maximum atomic E-state index is 13.1. The number of rotatable bonds is 3. The predicted octanol–water partition coefficient (Wildman–Crippen LogP) is 3.11. The third kappa shape index (κ3) is 4.03. The summed E-state index contributed by atoms with van der Waals surface area (Å²) in [5, 5.41) is 11.5. The highest BCUT2D eigenvalue weighted by Crippen LogP contribution is 2.36. The van der Waals surface area contributed by atoms with E-state index in [-0.39, 0.29) is 42.5 Å². The Kier molecular flexibility index (Phi) is 4.94. The number of hydrogen-bond acceptors (Lipinski definition) is 4. The zero-order valence-electron chi connectivity index (χ0n) is 12.6. The van der Waals surface area contributed by atoms with Crippen LogP contribution in [0.5, 0.6) is 0 Å². The normalized spacial score (nSPS) is 17.1. The summed E-state index contributed by atoms with van der Waals surface area (Å²) in [5.74, 6) is -4.32. The molecule has 0 saturated heterocycles. The molecule has 0 spiro atoms. The molecule has 1 aliphatic rings. The first-order chi connectivity index (χ1) is 10.9. The van der Waals surface area contributed by atoms with E-state index in [0.717, 1.165) is 0 Å². The minimum Gasteiger partial charge on any atom is -0.465 e. The Labute approximate surface area is 132 Å². The molecule has 0 bridgehead atoms. The van der Waals surface area contributed by atoms with Gasteiger partial charge in [0.1, 0.15) is 0 Å². The van der Waals surface area contributed by atoms with Gasteiger partial charge >= 0.3 is 5.97 Å². The van der Waals surface area contributed by atoms with E-state index in [1.165, 1.54) is 25.3 Å². The monoisotopic (exact) mass is 322 g/mol. The van der Waals surface area contributed by atoms with E-state index in [9.17, 15) is 18.4 Å². The fourth-order valence-corrected chi connectivity index (χ4v) is 2.54. The minimum absolute atomic E-state index is 0.0565. The van der Waals surface area contributed by atoms with E-state index in [1.807, 2.05) is 6.07 Å². The maximum Gasteiger partial charge on any atom is 0.340 e. The molecule has 0 aromatic heterocycles. The Hall–Kier alpha value is -2.49. The number of anilines is 1. The van der Waals surface area contributed by atoms with Crippen molar-refractivity contribution in [1.29, 1.82) is 5.26 Å². The van der Waals surface area contributed by atoms with Crippen LogP contribution in [0.1, 0.15) is 41.6 Å². The zero-order valence-corrected chi connectivity index (χ0v) is 12.6. The number of hydrogen-bond donors (Lipinski definition) is 1. The van der Waals surface area contributed by atoms with Crippen LogP contribution in [0.2, 0.25) is 0 Å². The van der Waals surface area contributed by atoms with Gasteiger partial charge in [-0.3, -0.25) is 4.79 Å². The number of alkyl halides is 2. The summed E-state index contributed by atoms with van der Waals surface area (Å²) in [6.07, 6.45) is -0.435. The Morgan fingerprint density at radius 2 is 2.00 bits per heavy atom. The van der Waals surface area contributed by atoms with Crippen molar-refractivity contribution in [1.82, 2.24) is 0 Å². The van der Waals surface area contributed by atoms with Crippen LogP contribution in [0.25, 0.3) is 0 Å². The molecule has 5 nitrogen and oxygen atoms in total. The van der Waals surface area contributed by atoms with Gasteiger partial charge in [-0.15, -0.1) is 0 Å². The number of methoxy groups -OCH3 is 1. The standard InChI is InChI=1S/C16H16F2N2O3/c1-23-15(22)12-8-10(9-19)2-3-13(12)20-14(21)11-4-6-16(17,18)7-5-11/h2-3,8,11H,4-7H2,1H3,(H,20,21). The van der Waals surface area contributed by atoms with Gasteiger partial charge < -0.3 is 10.1 Å². The van der Waals surface area contributed by atoms with Crippen molar-refractivity contribution < 1.29 is 23.1 Å². The number of carbonyl (C=O) groups is 2. The molecule has 0 unspecified atom stereocenters. The second-order valence-corrected chi connectivity index (χ2v) is 5.48. The van der Waals surface area contributed by atoms with Crippen molar-refractivity contribution in [2.45, 2.75) is 31.6 Å². The quantitative estimate of drug-likeness (QED) is 0.867. The topological polar surface area (TPSA) is 79.2 Å². The molecule has 2 rings (SSSR count). The van der Waals surface area contributed by atoms with E-state index in [0.29, 0.717) is 0 Å². The van der Waals surface area contributed by atoms with E-state index < -0.39 is 23.7 Å². The minimum atomic E-state index is -2.71. The van der Waals surface area contributed by atoms with Crippen LogP contribution in [0.15, 0.2) is 18.2 Å². The van der Waals surface area contributed by atoms with E-state index in [1.54, 1.807) is 0 Å². The highest BCUT2D eigenvalue weighted by atomic mass is 19.3. The molecule has 1 N–H and O–H groups in total. The molecule has 1 aliphatic carbocycles. The number of benzene rings is 1. The Balaban J connectivity index is 2.15. The molecule has 1 aromatic rings. The third-order valence-corrected chi connectivity index (χ3v) is 3.90. The lowest BCUT2D eigenvalue weighted by molar-refractivity contribution is -0.124. The number of carbonyl (C=O) groups excluding carboxylic acids is 2. The predicted molar refractivity (Wildman–Crippen MR) is 78.0 cm³/mol. The Morgan fingerprint density at radius 1 is 1.35 bits per heavy atom. The molecule has 1 saturated carbocycles. The average molecular weight is 322 g/mol. The lowest BCUT2D eigenvalue weighted by atomic mass is 9.86. The zero-order chi connectivity index (χ0) is 17.0. The molecule has 122 valence electrons. The molecule has 0 aliphatic heterocycles. The number of halogens is 2. The van der Waals surface area contributed by atoms with Crippen LogP contribution in [-0.4, -0.2) is 24.9 Å².